The van der Waals surface area contributed by atoms with Gasteiger partial charge in [-0.2, -0.15) is 0 Å². The fourth-order valence-electron chi connectivity index (χ4n) is 9.50. The van der Waals surface area contributed by atoms with Crippen molar-refractivity contribution in [2.24, 2.45) is 82.3 Å². The summed E-state index contributed by atoms with van der Waals surface area (Å²) in [6, 6.07) is 0. The molecule has 0 aromatic heterocycles. The Morgan fingerprint density at radius 1 is 0.534 bits per heavy atom. The largest absolute Gasteiger partial charge is 0.0656 e. The molecule has 0 spiro atoms. The van der Waals surface area contributed by atoms with Crippen LogP contribution >= 0.6 is 0 Å². The molecule has 6 bridgehead atoms. The van der Waals surface area contributed by atoms with Crippen molar-refractivity contribution in [3.63, 3.8) is 0 Å². The van der Waals surface area contributed by atoms with Gasteiger partial charge in [0.15, 0.2) is 0 Å². The van der Waals surface area contributed by atoms with Crippen molar-refractivity contribution in [1.82, 2.24) is 0 Å². The fourth-order valence-corrected chi connectivity index (χ4v) is 9.50. The van der Waals surface area contributed by atoms with E-state index in [0.717, 1.165) is 78.9 Å². The van der Waals surface area contributed by atoms with E-state index < -0.39 is 104 Å². The van der Waals surface area contributed by atoms with Crippen LogP contribution in [0.25, 0.3) is 0 Å². The molecule has 11 aliphatic rings. The van der Waals surface area contributed by atoms with Crippen LogP contribution in [0.3, 0.4) is 0 Å². The monoisotopic (exact) mass is 856 g/mol. The molecule has 0 aromatic rings. The summed E-state index contributed by atoms with van der Waals surface area (Å²) < 4.78 is 292. The van der Waals surface area contributed by atoms with Crippen LogP contribution in [-0.2, 0) is 0 Å². The maximum absolute atomic E-state index is 7.58. The second-order valence-corrected chi connectivity index (χ2v) is 17.7. The molecule has 8 atom stereocenters. The van der Waals surface area contributed by atoms with Crippen LogP contribution in [-0.4, -0.2) is 0 Å². The van der Waals surface area contributed by atoms with Gasteiger partial charge in [-0.15, -0.1) is 0 Å². The fraction of sp³-hybridized carbons (Fsp3) is 1.00. The summed E-state index contributed by atoms with van der Waals surface area (Å²) >= 11 is 0. The van der Waals surface area contributed by atoms with Gasteiger partial charge in [-0.3, -0.25) is 0 Å². The molecule has 0 nitrogen and oxygen atoms in total. The molecular formula is C58H118. The summed E-state index contributed by atoms with van der Waals surface area (Å²) in [4.78, 5) is 0. The number of fused-ring (bicyclic) bond motifs is 2. The third-order valence-electron chi connectivity index (χ3n) is 13.5. The first-order chi connectivity index (χ1) is 43.5. The van der Waals surface area contributed by atoms with E-state index in [-0.39, 0.29) is 32.0 Å². The molecule has 0 amide bonds. The lowest BCUT2D eigenvalue weighted by molar-refractivity contribution is -0.0819. The van der Waals surface area contributed by atoms with Gasteiger partial charge >= 0.3 is 0 Å². The molecule has 0 heterocycles. The second kappa shape index (κ2) is 34.5. The Kier molecular flexibility index (Phi) is 11.7. The summed E-state index contributed by atoms with van der Waals surface area (Å²) in [5, 5.41) is 0. The van der Waals surface area contributed by atoms with Gasteiger partial charge in [0.2, 0.25) is 0 Å². The second-order valence-electron chi connectivity index (χ2n) is 17.7. The van der Waals surface area contributed by atoms with Crippen molar-refractivity contribution in [3.05, 3.63) is 0 Å². The van der Waals surface area contributed by atoms with Crippen molar-refractivity contribution in [2.75, 3.05) is 0 Å². The molecule has 0 saturated heterocycles. The highest BCUT2D eigenvalue weighted by Gasteiger charge is 2.50. The zero-order valence-electron chi connectivity index (χ0n) is 79.3. The third kappa shape index (κ3) is 24.0. The Morgan fingerprint density at radius 2 is 1.00 bits per heavy atom. The highest BCUT2D eigenvalue weighted by Crippen LogP contribution is 2.59. The minimum Gasteiger partial charge on any atom is -0.0656 e. The van der Waals surface area contributed by atoms with Gasteiger partial charge in [0, 0.05) is 56.2 Å². The van der Waals surface area contributed by atoms with Gasteiger partial charge in [-0.1, -0.05) is 239 Å². The Bertz CT molecular complexity index is 2180. The van der Waals surface area contributed by atoms with Crippen molar-refractivity contribution in [1.29, 1.82) is 0 Å². The van der Waals surface area contributed by atoms with E-state index >= 15 is 0 Å². The van der Waals surface area contributed by atoms with Crippen LogP contribution in [0.15, 0.2) is 0 Å². The zero-order chi connectivity index (χ0) is 79.3. The number of rotatable bonds is 9. The quantitative estimate of drug-likeness (QED) is 0.217. The predicted octanol–water partition coefficient (Wildman–Crippen LogP) is 20.9. The van der Waals surface area contributed by atoms with E-state index in [9.17, 15) is 0 Å². The molecule has 11 rings (SSSR count). The van der Waals surface area contributed by atoms with Crippen LogP contribution in [0.1, 0.15) is 346 Å². The van der Waals surface area contributed by atoms with Crippen LogP contribution in [0, 0.1) is 82.3 Å². The summed E-state index contributed by atoms with van der Waals surface area (Å²) in [7, 11) is 0. The highest BCUT2D eigenvalue weighted by molar-refractivity contribution is 5.00. The van der Waals surface area contributed by atoms with E-state index in [2.05, 4.69) is 6.92 Å². The summed E-state index contributed by atoms with van der Waals surface area (Å²) in [5.74, 6) is 4.39. The third-order valence-corrected chi connectivity index (χ3v) is 13.5. The van der Waals surface area contributed by atoms with E-state index in [1.54, 1.807) is 0 Å². The van der Waals surface area contributed by atoms with E-state index in [1.165, 1.54) is 109 Å². The Balaban J connectivity index is 0.00000111. The zero-order valence-corrected chi connectivity index (χ0v) is 38.3. The van der Waals surface area contributed by atoms with Gasteiger partial charge in [0.1, 0.15) is 0 Å². The first-order valence-corrected chi connectivity index (χ1v) is 22.6. The smallest absolute Gasteiger partial charge is 0.0300 e. The minimum absolute atomic E-state index is 0.185. The molecule has 0 aromatic carbocycles. The molecular weight excluding hydrogens is 697 g/mol. The topological polar surface area (TPSA) is 0 Å². The van der Waals surface area contributed by atoms with Crippen LogP contribution < -0.4 is 0 Å². The average molecular weight is 857 g/mol. The van der Waals surface area contributed by atoms with Gasteiger partial charge in [-0.25, -0.2) is 0 Å². The van der Waals surface area contributed by atoms with Gasteiger partial charge in [-0.05, 0) is 134 Å². The Morgan fingerprint density at radius 3 is 1.21 bits per heavy atom. The van der Waals surface area contributed by atoms with Crippen molar-refractivity contribution in [2.45, 2.75) is 290 Å². The highest BCUT2D eigenvalue weighted by atomic mass is 14.6. The van der Waals surface area contributed by atoms with E-state index in [1.807, 2.05) is 27.7 Å². The van der Waals surface area contributed by atoms with Crippen LogP contribution in [0.2, 0.25) is 0 Å². The van der Waals surface area contributed by atoms with Crippen molar-refractivity contribution in [3.8, 4) is 0 Å². The molecule has 11 aliphatic carbocycles. The number of hydrogen-bond donors (Lipinski definition) is 0. The summed E-state index contributed by atoms with van der Waals surface area (Å²) in [6.45, 7) is -11.8. The predicted molar refractivity (Wildman–Crippen MR) is 269 cm³/mol. The molecule has 350 valence electrons. The van der Waals surface area contributed by atoms with Gasteiger partial charge in [0.05, 0.1) is 0 Å². The van der Waals surface area contributed by atoms with Crippen LogP contribution in [0.4, 0.5) is 0 Å². The SMILES string of the molecule is [2H]C(C)C1C2CC1C2.[2H]C(C)C1C2CCC1C2.[2H]C(C)C1CC2CC1C2.[2H]C(C)C1CCCC1.[2H]C(C)C1CCCCC1.[2H]C([2H])([2H])C([2H])(C)C([2H])([2H])[2H].[2H]C([2H])([2H])C([2H])([2H])C.[2H]C([2H])([2H])C([2H])([2H])C(C)(C([2H])([2H])[2H])C([2H])([2H])C([2H])([2H])[2H].[2H]C([2H])([2H])C([2H])([2H])C([2H])(C)C([2H])([2H])C([2H])([2H])[2H]. The lowest BCUT2D eigenvalue weighted by atomic mass is 9.47. The van der Waals surface area contributed by atoms with Gasteiger partial charge < -0.3 is 0 Å². The molecule has 11 saturated carbocycles. The lowest BCUT2D eigenvalue weighted by Crippen LogP contribution is -2.49. The van der Waals surface area contributed by atoms with Crippen molar-refractivity contribution >= 4 is 0 Å². The standard InChI is InChI=1S/2C8H14.C8H16.C7H12.C7H14.C7H16.C6H14.C4H10.C3H8/c1-2-7-3-6-4-8(7)5-6;1-2-8-6-3-4-7(8)5-6;1-2-8-6-4-3-5-7-8;1-2-7-5-3-6(7)4-5;1-2-7-5-3-4-6-7;1-5-7(3,4)6-2;1-4-6(3)5-2;1-4(2)3;1-3-2/h2*6-8H,2-5H2,1H3;8H,2-7H2,1H3;5-7H,2-4H2,1H3;7H,2-6H2,1H3;5-6H2,1-4H3;6H,4-5H2,1-3H3;4H,1-3H3;3H2,1-2H3/i5*2D;1D3,2D3,3D3,5D2,6D2;1D3,2D3,4D2,5D2,6D;1D3,2D3,4D;1D3,3D2. The molecule has 0 N–H and O–H groups in total. The molecule has 0 radical (unpaired) electrons. The molecule has 0 heteroatoms. The maximum Gasteiger partial charge on any atom is 0.0300 e. The average Bonchev–Trinajstić information content (AvgIpc) is 1.71. The molecule has 58 heavy (non-hydrogen) atoms. The normalized spacial score (nSPS) is 46.8. The summed E-state index contributed by atoms with van der Waals surface area (Å²) in [6.07, 6.45) is 8.84. The number of hydrogen-bond acceptors (Lipinski definition) is 0. The van der Waals surface area contributed by atoms with Gasteiger partial charge in [0.25, 0.3) is 0 Å². The lowest BCUT2D eigenvalue weighted by Gasteiger charge is -2.58. The van der Waals surface area contributed by atoms with Crippen molar-refractivity contribution < 1.29 is 56.2 Å². The first-order valence-electron chi connectivity index (χ1n) is 43.5. The Labute approximate surface area is 429 Å². The summed E-state index contributed by atoms with van der Waals surface area (Å²) in [5.41, 5.74) is -3.26. The first kappa shape index (κ1) is 19.6. The van der Waals surface area contributed by atoms with E-state index in [4.69, 9.17) is 56.2 Å². The Hall–Kier alpha value is 0. The maximum atomic E-state index is 7.58. The molecule has 0 aliphatic heterocycles. The molecule has 8 unspecified atom stereocenters. The molecule has 11 fully saturated rings. The minimum atomic E-state index is -3.58. The van der Waals surface area contributed by atoms with Crippen LogP contribution in [0.5, 0.6) is 0 Å². The van der Waals surface area contributed by atoms with E-state index in [0.29, 0.717) is 13.8 Å².